The van der Waals surface area contributed by atoms with Crippen molar-refractivity contribution in [2.75, 3.05) is 9.80 Å². The molecule has 2 heterocycles. The number of hydrogen-bond acceptors (Lipinski definition) is 6. The molecule has 0 fully saturated rings. The molecule has 0 aliphatic carbocycles. The predicted octanol–water partition coefficient (Wildman–Crippen LogP) is 6.83. The van der Waals surface area contributed by atoms with E-state index >= 15 is 0 Å². The Kier molecular flexibility index (Phi) is 7.99. The Balaban J connectivity index is 1.85. The second-order valence-electron chi connectivity index (χ2n) is 9.93. The van der Waals surface area contributed by atoms with Gasteiger partial charge < -0.3 is 9.64 Å². The third-order valence-electron chi connectivity index (χ3n) is 6.63. The van der Waals surface area contributed by atoms with Crippen molar-refractivity contribution in [3.63, 3.8) is 0 Å². The standard InChI is InChI=1S/C26H28F6N6O2/c1-5-19-12-22(20-8-15(4)6-7-21(20)38(19)24(39)40-14(2)3)37(23-33-35-36-34-23)13-16-9-17(25(27,28)29)11-18(10-16)26(30,31)32/h6-11,14,19,22H,5,12-13H2,1-4H3,(H,33,34,35,36)/t19-,22+/m1/s1. The van der Waals surface area contributed by atoms with Crippen molar-refractivity contribution < 1.29 is 35.9 Å². The number of hydrogen-bond donors (Lipinski definition) is 1. The van der Waals surface area contributed by atoms with Gasteiger partial charge in [-0.2, -0.15) is 31.6 Å². The molecule has 1 N–H and O–H groups in total. The number of tetrazole rings is 1. The van der Waals surface area contributed by atoms with E-state index in [1.54, 1.807) is 24.8 Å². The lowest BCUT2D eigenvalue weighted by Gasteiger charge is -2.44. The number of H-pyrrole nitrogens is 1. The third kappa shape index (κ3) is 6.15. The zero-order valence-electron chi connectivity index (χ0n) is 22.1. The summed E-state index contributed by atoms with van der Waals surface area (Å²) in [5.74, 6) is -0.0171. The van der Waals surface area contributed by atoms with Crippen LogP contribution in [0.4, 0.5) is 42.8 Å². The number of carbonyl (C=O) groups excluding carboxylic acids is 1. The van der Waals surface area contributed by atoms with Crippen molar-refractivity contribution in [1.29, 1.82) is 0 Å². The number of benzene rings is 2. The highest BCUT2D eigenvalue weighted by Gasteiger charge is 2.41. The molecule has 3 aromatic rings. The van der Waals surface area contributed by atoms with Gasteiger partial charge in [0.2, 0.25) is 0 Å². The largest absolute Gasteiger partial charge is 0.446 e. The summed E-state index contributed by atoms with van der Waals surface area (Å²) >= 11 is 0. The Morgan fingerprint density at radius 3 is 2.27 bits per heavy atom. The van der Waals surface area contributed by atoms with Gasteiger partial charge in [0.15, 0.2) is 0 Å². The molecule has 2 atom stereocenters. The minimum absolute atomic E-state index is 0.0171. The Bertz CT molecular complexity index is 1310. The highest BCUT2D eigenvalue weighted by molar-refractivity contribution is 5.90. The van der Waals surface area contributed by atoms with Crippen molar-refractivity contribution in [2.24, 2.45) is 0 Å². The van der Waals surface area contributed by atoms with Gasteiger partial charge in [-0.15, -0.1) is 5.10 Å². The Labute approximate surface area is 226 Å². The molecule has 14 heteroatoms. The SMILES string of the molecule is CC[C@@H]1C[C@H](N(Cc2cc(C(F)(F)F)cc(C(F)(F)F)c2)c2nn[nH]n2)c2cc(C)ccc2N1C(=O)OC(C)C. The van der Waals surface area contributed by atoms with E-state index in [1.165, 1.54) is 4.90 Å². The van der Waals surface area contributed by atoms with E-state index in [2.05, 4.69) is 20.6 Å². The average Bonchev–Trinajstić information content (AvgIpc) is 3.39. The fourth-order valence-corrected chi connectivity index (χ4v) is 4.90. The number of aromatic nitrogens is 4. The Hall–Kier alpha value is -3.84. The average molecular weight is 571 g/mol. The lowest BCUT2D eigenvalue weighted by molar-refractivity contribution is -0.143. The Morgan fingerprint density at radius 1 is 1.10 bits per heavy atom. The first-order valence-corrected chi connectivity index (χ1v) is 12.6. The molecule has 40 heavy (non-hydrogen) atoms. The maximum absolute atomic E-state index is 13.6. The van der Waals surface area contributed by atoms with Crippen molar-refractivity contribution in [1.82, 2.24) is 20.6 Å². The molecule has 0 bridgehead atoms. The minimum atomic E-state index is -4.99. The van der Waals surface area contributed by atoms with Crippen LogP contribution in [0.2, 0.25) is 0 Å². The molecule has 1 amide bonds. The molecule has 1 aromatic heterocycles. The molecular weight excluding hydrogens is 542 g/mol. The minimum Gasteiger partial charge on any atom is -0.446 e. The first-order chi connectivity index (χ1) is 18.7. The molecule has 0 saturated heterocycles. The number of aromatic amines is 1. The summed E-state index contributed by atoms with van der Waals surface area (Å²) in [5.41, 5.74) is -1.09. The maximum atomic E-state index is 13.6. The number of anilines is 2. The first kappa shape index (κ1) is 29.2. The molecule has 1 aliphatic rings. The molecule has 8 nitrogen and oxygen atoms in total. The molecule has 0 radical (unpaired) electrons. The van der Waals surface area contributed by atoms with E-state index in [4.69, 9.17) is 4.74 Å². The fourth-order valence-electron chi connectivity index (χ4n) is 4.90. The number of nitrogens with one attached hydrogen (secondary N) is 1. The molecule has 1 aliphatic heterocycles. The number of halogens is 6. The number of carbonyl (C=O) groups is 1. The highest BCUT2D eigenvalue weighted by atomic mass is 19.4. The lowest BCUT2D eigenvalue weighted by atomic mass is 9.87. The number of nitrogens with zero attached hydrogens (tertiary/aromatic N) is 5. The van der Waals surface area contributed by atoms with Crippen LogP contribution in [0, 0.1) is 6.92 Å². The third-order valence-corrected chi connectivity index (χ3v) is 6.63. The van der Waals surface area contributed by atoms with E-state index in [9.17, 15) is 31.1 Å². The van der Waals surface area contributed by atoms with E-state index in [1.807, 2.05) is 26.0 Å². The van der Waals surface area contributed by atoms with Crippen LogP contribution in [0.5, 0.6) is 0 Å². The number of rotatable bonds is 6. The quantitative estimate of drug-likeness (QED) is 0.327. The van der Waals surface area contributed by atoms with Crippen molar-refractivity contribution in [3.05, 3.63) is 64.2 Å². The number of aryl methyl sites for hydroxylation is 1. The fraction of sp³-hybridized carbons (Fsp3) is 0.462. The summed E-state index contributed by atoms with van der Waals surface area (Å²) in [6.45, 7) is 6.77. The summed E-state index contributed by atoms with van der Waals surface area (Å²) in [5, 5.41) is 13.9. The van der Waals surface area contributed by atoms with E-state index in [0.717, 1.165) is 5.56 Å². The number of amides is 1. The summed E-state index contributed by atoms with van der Waals surface area (Å²) < 4.78 is 87.0. The van der Waals surface area contributed by atoms with Gasteiger partial charge in [0.05, 0.1) is 29.0 Å². The summed E-state index contributed by atoms with van der Waals surface area (Å²) in [7, 11) is 0. The zero-order valence-corrected chi connectivity index (χ0v) is 22.1. The van der Waals surface area contributed by atoms with Crippen LogP contribution in [-0.2, 0) is 23.6 Å². The molecule has 2 aromatic carbocycles. The van der Waals surface area contributed by atoms with Gasteiger partial charge in [-0.25, -0.2) is 4.79 Å². The lowest BCUT2D eigenvalue weighted by Crippen LogP contribution is -2.48. The second-order valence-corrected chi connectivity index (χ2v) is 9.93. The summed E-state index contributed by atoms with van der Waals surface area (Å²) in [6.07, 6.45) is -10.1. The Morgan fingerprint density at radius 2 is 1.75 bits per heavy atom. The van der Waals surface area contributed by atoms with Gasteiger partial charge in [-0.1, -0.05) is 29.7 Å². The zero-order chi connectivity index (χ0) is 29.4. The van der Waals surface area contributed by atoms with Gasteiger partial charge in [-0.05, 0) is 74.2 Å². The van der Waals surface area contributed by atoms with Crippen molar-refractivity contribution in [2.45, 2.75) is 77.6 Å². The smallest absolute Gasteiger partial charge is 0.416 e. The van der Waals surface area contributed by atoms with Crippen LogP contribution in [0.3, 0.4) is 0 Å². The van der Waals surface area contributed by atoms with Crippen molar-refractivity contribution in [3.8, 4) is 0 Å². The van der Waals surface area contributed by atoms with Crippen LogP contribution < -0.4 is 9.80 Å². The van der Waals surface area contributed by atoms with Gasteiger partial charge in [0, 0.05) is 12.6 Å². The number of ether oxygens (including phenoxy) is 1. The maximum Gasteiger partial charge on any atom is 0.416 e. The van der Waals surface area contributed by atoms with Gasteiger partial charge in [-0.3, -0.25) is 4.90 Å². The van der Waals surface area contributed by atoms with E-state index in [-0.39, 0.29) is 30.1 Å². The molecule has 216 valence electrons. The monoisotopic (exact) mass is 570 g/mol. The van der Waals surface area contributed by atoms with Crippen LogP contribution in [0.15, 0.2) is 36.4 Å². The van der Waals surface area contributed by atoms with Crippen molar-refractivity contribution >= 4 is 17.7 Å². The summed E-state index contributed by atoms with van der Waals surface area (Å²) in [4.78, 5) is 16.2. The van der Waals surface area contributed by atoms with Crippen LogP contribution in [0.25, 0.3) is 0 Å². The molecule has 0 unspecified atom stereocenters. The normalized spacial score (nSPS) is 17.6. The molecule has 0 spiro atoms. The van der Waals surface area contributed by atoms with E-state index in [0.29, 0.717) is 29.8 Å². The topological polar surface area (TPSA) is 87.2 Å². The van der Waals surface area contributed by atoms with Gasteiger partial charge in [0.25, 0.3) is 5.95 Å². The van der Waals surface area contributed by atoms with Gasteiger partial charge >= 0.3 is 18.4 Å². The highest BCUT2D eigenvalue weighted by Crippen LogP contribution is 2.44. The molecule has 4 rings (SSSR count). The van der Waals surface area contributed by atoms with Crippen LogP contribution >= 0.6 is 0 Å². The summed E-state index contributed by atoms with van der Waals surface area (Å²) in [6, 6.07) is 5.83. The predicted molar refractivity (Wildman–Crippen MR) is 134 cm³/mol. The van der Waals surface area contributed by atoms with Gasteiger partial charge in [0.1, 0.15) is 0 Å². The first-order valence-electron chi connectivity index (χ1n) is 12.6. The second kappa shape index (κ2) is 11.0. The van der Waals surface area contributed by atoms with Crippen LogP contribution in [0.1, 0.15) is 67.5 Å². The molecule has 0 saturated carbocycles. The van der Waals surface area contributed by atoms with E-state index < -0.39 is 48.2 Å². The molecular formula is C26H28F6N6O2. The number of alkyl halides is 6. The van der Waals surface area contributed by atoms with Crippen LogP contribution in [-0.4, -0.2) is 38.9 Å². The number of fused-ring (bicyclic) bond motifs is 1.